The molecule has 2 heterocycles. The molecule has 0 saturated heterocycles. The second-order valence-electron chi connectivity index (χ2n) is 7.00. The molecule has 2 aromatic heterocycles. The largest absolute Gasteiger partial charge is 0.416 e. The average Bonchev–Trinajstić information content (AvgIpc) is 3.26. The summed E-state index contributed by atoms with van der Waals surface area (Å²) < 4.78 is 8.10. The van der Waals surface area contributed by atoms with Crippen LogP contribution in [0.15, 0.2) is 83.3 Å². The third-order valence-electron chi connectivity index (χ3n) is 4.74. The molecular weight excluding hydrogens is 346 g/mol. The average molecular weight is 365 g/mol. The van der Waals surface area contributed by atoms with E-state index >= 15 is 0 Å². The standard InChI is InChI=1S/C24H19N3O/c1-16-13-17(2)15-19(14-16)21-25-24-22(27(21)20-11-7-4-8-12-20)26-23(28-24)18-9-5-3-6-10-18/h3-15H,1-2H3. The minimum absolute atomic E-state index is 0.539. The number of benzene rings is 3. The van der Waals surface area contributed by atoms with Crippen LogP contribution in [0.1, 0.15) is 11.1 Å². The number of oxazole rings is 1. The zero-order valence-electron chi connectivity index (χ0n) is 15.8. The molecule has 0 bridgehead atoms. The van der Waals surface area contributed by atoms with Crippen LogP contribution in [0.25, 0.3) is 39.9 Å². The van der Waals surface area contributed by atoms with Crippen molar-refractivity contribution in [2.45, 2.75) is 13.8 Å². The number of hydrogen-bond donors (Lipinski definition) is 0. The number of para-hydroxylation sites is 1. The fraction of sp³-hybridized carbons (Fsp3) is 0.0833. The smallest absolute Gasteiger partial charge is 0.267 e. The minimum atomic E-state index is 0.539. The minimum Gasteiger partial charge on any atom is -0.416 e. The molecule has 0 N–H and O–H groups in total. The Labute approximate surface area is 163 Å². The number of nitrogens with zero attached hydrogens (tertiary/aromatic N) is 3. The number of aryl methyl sites for hydroxylation is 2. The lowest BCUT2D eigenvalue weighted by Gasteiger charge is -2.09. The van der Waals surface area contributed by atoms with Crippen molar-refractivity contribution in [1.29, 1.82) is 0 Å². The van der Waals surface area contributed by atoms with Gasteiger partial charge in [-0.05, 0) is 50.2 Å². The summed E-state index contributed by atoms with van der Waals surface area (Å²) in [7, 11) is 0. The second-order valence-corrected chi connectivity index (χ2v) is 7.00. The molecule has 0 aliphatic carbocycles. The zero-order chi connectivity index (χ0) is 19.1. The summed E-state index contributed by atoms with van der Waals surface area (Å²) in [5, 5.41) is 0. The van der Waals surface area contributed by atoms with Gasteiger partial charge in [0.05, 0.1) is 0 Å². The Morgan fingerprint density at radius 3 is 2.04 bits per heavy atom. The molecule has 3 aromatic carbocycles. The van der Waals surface area contributed by atoms with Gasteiger partial charge in [-0.1, -0.05) is 53.6 Å². The van der Waals surface area contributed by atoms with E-state index in [1.54, 1.807) is 0 Å². The third kappa shape index (κ3) is 2.79. The number of aromatic nitrogens is 3. The van der Waals surface area contributed by atoms with Crippen molar-refractivity contribution >= 4 is 11.4 Å². The topological polar surface area (TPSA) is 43.9 Å². The van der Waals surface area contributed by atoms with Crippen LogP contribution in [0, 0.1) is 13.8 Å². The van der Waals surface area contributed by atoms with E-state index in [4.69, 9.17) is 14.4 Å². The summed E-state index contributed by atoms with van der Waals surface area (Å²) >= 11 is 0. The van der Waals surface area contributed by atoms with E-state index < -0.39 is 0 Å². The summed E-state index contributed by atoms with van der Waals surface area (Å²) in [4.78, 5) is 9.61. The van der Waals surface area contributed by atoms with Crippen molar-refractivity contribution in [2.24, 2.45) is 0 Å². The van der Waals surface area contributed by atoms with Crippen LogP contribution >= 0.6 is 0 Å². The molecule has 0 unspecified atom stereocenters. The molecule has 0 aliphatic heterocycles. The van der Waals surface area contributed by atoms with Crippen LogP contribution in [0.4, 0.5) is 0 Å². The highest BCUT2D eigenvalue weighted by atomic mass is 16.4. The normalized spacial score (nSPS) is 11.2. The predicted molar refractivity (Wildman–Crippen MR) is 111 cm³/mol. The van der Waals surface area contributed by atoms with Gasteiger partial charge in [-0.15, -0.1) is 0 Å². The van der Waals surface area contributed by atoms with Crippen LogP contribution in [0.2, 0.25) is 0 Å². The highest BCUT2D eigenvalue weighted by Gasteiger charge is 2.20. The number of imidazole rings is 1. The Hall–Kier alpha value is -3.66. The zero-order valence-corrected chi connectivity index (χ0v) is 15.8. The first-order valence-electron chi connectivity index (χ1n) is 9.28. The van der Waals surface area contributed by atoms with E-state index in [0.717, 1.165) is 28.3 Å². The van der Waals surface area contributed by atoms with Crippen LogP contribution in [-0.2, 0) is 0 Å². The molecule has 28 heavy (non-hydrogen) atoms. The van der Waals surface area contributed by atoms with E-state index in [9.17, 15) is 0 Å². The Balaban J connectivity index is 1.78. The molecule has 5 rings (SSSR count). The van der Waals surface area contributed by atoms with Gasteiger partial charge in [0.2, 0.25) is 11.5 Å². The maximum absolute atomic E-state index is 6.04. The van der Waals surface area contributed by atoms with Gasteiger partial charge >= 0.3 is 0 Å². The van der Waals surface area contributed by atoms with Crippen molar-refractivity contribution in [2.75, 3.05) is 0 Å². The van der Waals surface area contributed by atoms with Crippen molar-refractivity contribution < 1.29 is 4.42 Å². The summed E-state index contributed by atoms with van der Waals surface area (Å²) in [5.74, 6) is 1.41. The molecular formula is C24H19N3O. The molecule has 4 heteroatoms. The quantitative estimate of drug-likeness (QED) is 0.396. The first-order valence-corrected chi connectivity index (χ1v) is 9.28. The fourth-order valence-corrected chi connectivity index (χ4v) is 3.59. The van der Waals surface area contributed by atoms with Crippen LogP contribution < -0.4 is 0 Å². The van der Waals surface area contributed by atoms with Gasteiger partial charge in [-0.3, -0.25) is 4.57 Å². The summed E-state index contributed by atoms with van der Waals surface area (Å²) in [6.45, 7) is 4.20. The Morgan fingerprint density at radius 1 is 0.714 bits per heavy atom. The van der Waals surface area contributed by atoms with Crippen molar-refractivity contribution in [3.05, 3.63) is 90.0 Å². The van der Waals surface area contributed by atoms with E-state index in [-0.39, 0.29) is 0 Å². The first-order chi connectivity index (χ1) is 13.7. The summed E-state index contributed by atoms with van der Waals surface area (Å²) in [6, 6.07) is 26.5. The van der Waals surface area contributed by atoms with Gasteiger partial charge in [0.15, 0.2) is 0 Å². The van der Waals surface area contributed by atoms with E-state index in [1.807, 2.05) is 48.5 Å². The molecule has 0 amide bonds. The molecule has 4 nitrogen and oxygen atoms in total. The molecule has 0 atom stereocenters. The maximum atomic E-state index is 6.04. The van der Waals surface area contributed by atoms with Gasteiger partial charge in [0, 0.05) is 16.8 Å². The van der Waals surface area contributed by atoms with Crippen LogP contribution in [0.3, 0.4) is 0 Å². The lowest BCUT2D eigenvalue weighted by atomic mass is 10.1. The van der Waals surface area contributed by atoms with Crippen LogP contribution in [-0.4, -0.2) is 14.5 Å². The van der Waals surface area contributed by atoms with Crippen molar-refractivity contribution in [3.8, 4) is 28.5 Å². The first kappa shape index (κ1) is 16.5. The molecule has 5 aromatic rings. The highest BCUT2D eigenvalue weighted by Crippen LogP contribution is 2.32. The van der Waals surface area contributed by atoms with Gasteiger partial charge in [0.25, 0.3) is 5.71 Å². The van der Waals surface area contributed by atoms with E-state index in [2.05, 4.69) is 48.7 Å². The lowest BCUT2D eigenvalue weighted by molar-refractivity contribution is 0.609. The molecule has 0 aliphatic rings. The SMILES string of the molecule is Cc1cc(C)cc(-c2nc3oc(-c4ccccc4)nc3n2-c2ccccc2)c1. The summed E-state index contributed by atoms with van der Waals surface area (Å²) in [6.07, 6.45) is 0. The summed E-state index contributed by atoms with van der Waals surface area (Å²) in [5.41, 5.74) is 6.66. The molecule has 136 valence electrons. The maximum Gasteiger partial charge on any atom is 0.267 e. The van der Waals surface area contributed by atoms with E-state index in [0.29, 0.717) is 11.6 Å². The monoisotopic (exact) mass is 365 g/mol. The number of fused-ring (bicyclic) bond motifs is 1. The molecule has 0 spiro atoms. The van der Waals surface area contributed by atoms with Gasteiger partial charge in [-0.25, -0.2) is 0 Å². The van der Waals surface area contributed by atoms with Gasteiger partial charge in [0.1, 0.15) is 5.82 Å². The van der Waals surface area contributed by atoms with Gasteiger partial charge in [-0.2, -0.15) is 9.97 Å². The Morgan fingerprint density at radius 2 is 1.36 bits per heavy atom. The molecule has 0 radical (unpaired) electrons. The van der Waals surface area contributed by atoms with Crippen molar-refractivity contribution in [1.82, 2.24) is 14.5 Å². The van der Waals surface area contributed by atoms with Gasteiger partial charge < -0.3 is 4.42 Å². The fourth-order valence-electron chi connectivity index (χ4n) is 3.59. The lowest BCUT2D eigenvalue weighted by Crippen LogP contribution is -1.99. The Kier molecular flexibility index (Phi) is 3.83. The van der Waals surface area contributed by atoms with Crippen molar-refractivity contribution in [3.63, 3.8) is 0 Å². The molecule has 0 fully saturated rings. The van der Waals surface area contributed by atoms with E-state index in [1.165, 1.54) is 11.1 Å². The molecule has 0 saturated carbocycles. The number of hydrogen-bond acceptors (Lipinski definition) is 3. The number of rotatable bonds is 3. The Bertz CT molecular complexity index is 1250. The van der Waals surface area contributed by atoms with Crippen LogP contribution in [0.5, 0.6) is 0 Å². The highest BCUT2D eigenvalue weighted by molar-refractivity contribution is 5.79. The predicted octanol–water partition coefficient (Wildman–Crippen LogP) is 5.96. The second kappa shape index (κ2) is 6.50. The third-order valence-corrected chi connectivity index (χ3v) is 4.74.